The first-order valence-corrected chi connectivity index (χ1v) is 9.16. The first-order chi connectivity index (χ1) is 14.3. The Labute approximate surface area is 169 Å². The fraction of sp³-hybridized carbons (Fsp3) is 0.238. The third-order valence-corrected chi connectivity index (χ3v) is 5.15. The third-order valence-electron chi connectivity index (χ3n) is 5.15. The molecule has 1 aliphatic heterocycles. The van der Waals surface area contributed by atoms with Crippen molar-refractivity contribution in [1.29, 1.82) is 0 Å². The Morgan fingerprint density at radius 3 is 2.47 bits per heavy atom. The van der Waals surface area contributed by atoms with Gasteiger partial charge in [0.1, 0.15) is 11.6 Å². The number of hydrogen-bond donors (Lipinski definition) is 1. The number of aromatic nitrogens is 2. The average molecular weight is 419 g/mol. The van der Waals surface area contributed by atoms with E-state index in [0.717, 1.165) is 18.2 Å². The highest BCUT2D eigenvalue weighted by atomic mass is 19.1. The van der Waals surface area contributed by atoms with Crippen molar-refractivity contribution in [1.82, 2.24) is 9.55 Å². The van der Waals surface area contributed by atoms with Crippen molar-refractivity contribution in [3.63, 3.8) is 0 Å². The molecule has 2 heterocycles. The number of halogens is 4. The molecule has 5 nitrogen and oxygen atoms in total. The molecule has 1 atom stereocenters. The molecule has 1 aromatic heterocycles. The molecule has 0 amide bonds. The van der Waals surface area contributed by atoms with Crippen molar-refractivity contribution in [2.45, 2.75) is 25.8 Å². The minimum atomic E-state index is -1.05. The molecule has 0 fully saturated rings. The summed E-state index contributed by atoms with van der Waals surface area (Å²) in [6.07, 6.45) is 0.512. The Morgan fingerprint density at radius 2 is 1.80 bits per heavy atom. The second kappa shape index (κ2) is 7.47. The lowest BCUT2D eigenvalue weighted by atomic mass is 10.0. The fourth-order valence-corrected chi connectivity index (χ4v) is 3.76. The molecule has 1 unspecified atom stereocenters. The van der Waals surface area contributed by atoms with Gasteiger partial charge in [0.25, 0.3) is 0 Å². The second-order valence-electron chi connectivity index (χ2n) is 7.06. The molecule has 2 aromatic carbocycles. The molecule has 9 heteroatoms. The number of hydrogen-bond acceptors (Lipinski definition) is 4. The van der Waals surface area contributed by atoms with E-state index in [1.807, 2.05) is 0 Å². The molecule has 0 spiro atoms. The summed E-state index contributed by atoms with van der Waals surface area (Å²) in [5.74, 6) is -3.14. The van der Waals surface area contributed by atoms with Crippen LogP contribution in [0.15, 0.2) is 35.1 Å². The monoisotopic (exact) mass is 419 g/mol. The van der Waals surface area contributed by atoms with Crippen molar-refractivity contribution in [3.05, 3.63) is 80.8 Å². The van der Waals surface area contributed by atoms with E-state index in [9.17, 15) is 22.4 Å². The molecule has 1 aliphatic rings. The van der Waals surface area contributed by atoms with E-state index >= 15 is 0 Å². The SMILES string of the molecule is COc1cc(Nc2nc(=O)c(F)c3n2C(c2cc(F)cc(F)c2)CC3)c(C)cc1F. The maximum Gasteiger partial charge on any atom is 0.310 e. The van der Waals surface area contributed by atoms with Crippen LogP contribution >= 0.6 is 0 Å². The molecule has 156 valence electrons. The Bertz CT molecular complexity index is 1190. The molecule has 0 saturated heterocycles. The highest BCUT2D eigenvalue weighted by Gasteiger charge is 2.31. The minimum absolute atomic E-state index is 0.0136. The molecule has 0 saturated carbocycles. The lowest BCUT2D eigenvalue weighted by Gasteiger charge is -2.21. The summed E-state index contributed by atoms with van der Waals surface area (Å²) < 4.78 is 62.3. The summed E-state index contributed by atoms with van der Waals surface area (Å²) in [5.41, 5.74) is 0.193. The normalized spacial score (nSPS) is 15.2. The van der Waals surface area contributed by atoms with Crippen molar-refractivity contribution < 1.29 is 22.3 Å². The Balaban J connectivity index is 1.86. The zero-order valence-corrected chi connectivity index (χ0v) is 16.1. The maximum atomic E-state index is 14.5. The number of nitrogens with one attached hydrogen (secondary N) is 1. The van der Waals surface area contributed by atoms with Gasteiger partial charge in [-0.1, -0.05) is 0 Å². The largest absolute Gasteiger partial charge is 0.494 e. The third kappa shape index (κ3) is 3.40. The van der Waals surface area contributed by atoms with E-state index in [-0.39, 0.29) is 29.4 Å². The highest BCUT2D eigenvalue weighted by molar-refractivity contribution is 5.62. The van der Waals surface area contributed by atoms with Crippen molar-refractivity contribution in [3.8, 4) is 5.75 Å². The molecule has 30 heavy (non-hydrogen) atoms. The van der Waals surface area contributed by atoms with Gasteiger partial charge in [-0.25, -0.2) is 13.2 Å². The standard InChI is InChI=1S/C21H17F4N3O2/c1-10-5-14(24)18(30-2)9-15(10)26-21-27-20(29)19(25)17-4-3-16(28(17)21)11-6-12(22)8-13(23)7-11/h5-9,16H,3-4H2,1-2H3,(H,26,27,29). The van der Waals surface area contributed by atoms with Gasteiger partial charge >= 0.3 is 5.56 Å². The second-order valence-corrected chi connectivity index (χ2v) is 7.06. The topological polar surface area (TPSA) is 56.1 Å². The number of benzene rings is 2. The van der Waals surface area contributed by atoms with Crippen LogP contribution in [0.3, 0.4) is 0 Å². The van der Waals surface area contributed by atoms with E-state index < -0.39 is 34.9 Å². The quantitative estimate of drug-likeness (QED) is 0.637. The van der Waals surface area contributed by atoms with Gasteiger partial charge in [0.05, 0.1) is 18.8 Å². The van der Waals surface area contributed by atoms with Crippen molar-refractivity contribution >= 4 is 11.6 Å². The molecule has 3 aromatic rings. The number of nitrogens with zero attached hydrogens (tertiary/aromatic N) is 2. The molecular formula is C21H17F4N3O2. The van der Waals surface area contributed by atoms with Crippen LogP contribution in [0.25, 0.3) is 0 Å². The van der Waals surface area contributed by atoms with Crippen molar-refractivity contribution in [2.75, 3.05) is 12.4 Å². The lowest BCUT2D eigenvalue weighted by molar-refractivity contribution is 0.386. The molecule has 0 aliphatic carbocycles. The predicted molar refractivity (Wildman–Crippen MR) is 102 cm³/mol. The van der Waals surface area contributed by atoms with Gasteiger partial charge in [0.2, 0.25) is 11.8 Å². The number of fused-ring (bicyclic) bond motifs is 1. The lowest BCUT2D eigenvalue weighted by Crippen LogP contribution is -2.23. The number of aryl methyl sites for hydroxylation is 1. The predicted octanol–water partition coefficient (Wildman–Crippen LogP) is 4.40. The number of ether oxygens (including phenoxy) is 1. The number of anilines is 2. The van der Waals surface area contributed by atoms with Crippen LogP contribution in [0.4, 0.5) is 29.2 Å². The zero-order chi connectivity index (χ0) is 21.6. The number of rotatable bonds is 4. The van der Waals surface area contributed by atoms with Crippen LogP contribution in [-0.2, 0) is 6.42 Å². The summed E-state index contributed by atoms with van der Waals surface area (Å²) in [6.45, 7) is 1.64. The van der Waals surface area contributed by atoms with Gasteiger partial charge in [-0.15, -0.1) is 0 Å². The van der Waals surface area contributed by atoms with E-state index in [4.69, 9.17) is 4.74 Å². The van der Waals surface area contributed by atoms with E-state index in [1.165, 1.54) is 23.8 Å². The Kier molecular flexibility index (Phi) is 4.97. The van der Waals surface area contributed by atoms with E-state index in [2.05, 4.69) is 10.3 Å². The van der Waals surface area contributed by atoms with E-state index in [1.54, 1.807) is 6.92 Å². The highest BCUT2D eigenvalue weighted by Crippen LogP contribution is 2.37. The summed E-state index contributed by atoms with van der Waals surface area (Å²) in [7, 11) is 1.31. The summed E-state index contributed by atoms with van der Waals surface area (Å²) in [6, 6.07) is 5.06. The molecule has 1 N–H and O–H groups in total. The van der Waals surface area contributed by atoms with Crippen LogP contribution in [-0.4, -0.2) is 16.7 Å². The molecule has 0 radical (unpaired) electrons. The fourth-order valence-electron chi connectivity index (χ4n) is 3.76. The van der Waals surface area contributed by atoms with Gasteiger partial charge in [-0.3, -0.25) is 4.79 Å². The van der Waals surface area contributed by atoms with Crippen LogP contribution in [0.1, 0.15) is 29.3 Å². The van der Waals surface area contributed by atoms with Crippen LogP contribution in [0.2, 0.25) is 0 Å². The Morgan fingerprint density at radius 1 is 1.10 bits per heavy atom. The minimum Gasteiger partial charge on any atom is -0.494 e. The van der Waals surface area contributed by atoms with Crippen LogP contribution in [0.5, 0.6) is 5.75 Å². The summed E-state index contributed by atoms with van der Waals surface area (Å²) in [4.78, 5) is 15.8. The van der Waals surface area contributed by atoms with E-state index in [0.29, 0.717) is 17.7 Å². The van der Waals surface area contributed by atoms with Crippen molar-refractivity contribution in [2.24, 2.45) is 0 Å². The first-order valence-electron chi connectivity index (χ1n) is 9.16. The van der Waals surface area contributed by atoms with Gasteiger partial charge in [-0.2, -0.15) is 9.37 Å². The smallest absolute Gasteiger partial charge is 0.310 e. The average Bonchev–Trinajstić information content (AvgIpc) is 3.12. The van der Waals surface area contributed by atoms with Crippen LogP contribution in [0, 0.1) is 30.2 Å². The van der Waals surface area contributed by atoms with Gasteiger partial charge < -0.3 is 14.6 Å². The summed E-state index contributed by atoms with van der Waals surface area (Å²) in [5, 5.41) is 2.92. The molecular weight excluding hydrogens is 402 g/mol. The van der Waals surface area contributed by atoms with Gasteiger partial charge in [0.15, 0.2) is 11.6 Å². The van der Waals surface area contributed by atoms with Crippen LogP contribution < -0.4 is 15.6 Å². The molecule has 4 rings (SSSR count). The summed E-state index contributed by atoms with van der Waals surface area (Å²) >= 11 is 0. The zero-order valence-electron chi connectivity index (χ0n) is 16.1. The maximum absolute atomic E-state index is 14.5. The van der Waals surface area contributed by atoms with Gasteiger partial charge in [0, 0.05) is 17.8 Å². The van der Waals surface area contributed by atoms with Gasteiger partial charge in [-0.05, 0) is 49.1 Å². The Hall–Kier alpha value is -3.36. The number of methoxy groups -OCH3 is 1. The first kappa shape index (κ1) is 19.9. The molecule has 0 bridgehead atoms.